The van der Waals surface area contributed by atoms with Gasteiger partial charge in [0.2, 0.25) is 0 Å². The molecule has 2 heteroatoms. The fraction of sp³-hybridized carbons (Fsp3) is 1.00. The summed E-state index contributed by atoms with van der Waals surface area (Å²) < 4.78 is 0. The summed E-state index contributed by atoms with van der Waals surface area (Å²) in [6.07, 6.45) is 0.983. The van der Waals surface area contributed by atoms with Crippen molar-refractivity contribution in [3.05, 3.63) is 0 Å². The van der Waals surface area contributed by atoms with Crippen LogP contribution in [0.4, 0.5) is 0 Å². The number of nitrogens with two attached hydrogens (primary N) is 1. The molecule has 0 aliphatic rings. The minimum atomic E-state index is -0.670. The summed E-state index contributed by atoms with van der Waals surface area (Å²) in [7, 11) is 0. The first kappa shape index (κ1) is 11.9. The topological polar surface area (TPSA) is 46.2 Å². The van der Waals surface area contributed by atoms with Crippen molar-refractivity contribution in [2.45, 2.75) is 46.6 Å². The van der Waals surface area contributed by atoms with Crippen LogP contribution in [0.3, 0.4) is 0 Å². The van der Waals surface area contributed by atoms with Crippen molar-refractivity contribution in [2.75, 3.05) is 6.54 Å². The van der Waals surface area contributed by atoms with E-state index in [1.165, 1.54) is 0 Å². The molecule has 0 bridgehead atoms. The van der Waals surface area contributed by atoms with E-state index in [0.717, 1.165) is 6.42 Å². The second kappa shape index (κ2) is 3.75. The van der Waals surface area contributed by atoms with Crippen LogP contribution in [0, 0.1) is 11.3 Å². The van der Waals surface area contributed by atoms with E-state index in [4.69, 9.17) is 5.73 Å². The van der Waals surface area contributed by atoms with Crippen molar-refractivity contribution >= 4 is 0 Å². The van der Waals surface area contributed by atoms with Crippen molar-refractivity contribution < 1.29 is 5.11 Å². The molecule has 3 N–H and O–H groups in total. The van der Waals surface area contributed by atoms with Gasteiger partial charge in [0, 0.05) is 12.0 Å². The minimum absolute atomic E-state index is 0.206. The molecule has 2 unspecified atom stereocenters. The first-order chi connectivity index (χ1) is 5.29. The van der Waals surface area contributed by atoms with Crippen LogP contribution in [-0.2, 0) is 0 Å². The molecule has 74 valence electrons. The molecule has 2 atom stereocenters. The molecular weight excluding hydrogens is 150 g/mol. The highest BCUT2D eigenvalue weighted by Gasteiger charge is 2.41. The van der Waals surface area contributed by atoms with Gasteiger partial charge in [-0.2, -0.15) is 0 Å². The van der Waals surface area contributed by atoms with E-state index >= 15 is 0 Å². The monoisotopic (exact) mass is 173 g/mol. The smallest absolute Gasteiger partial charge is 0.0707 e. The van der Waals surface area contributed by atoms with Crippen molar-refractivity contribution in [3.63, 3.8) is 0 Å². The van der Waals surface area contributed by atoms with Gasteiger partial charge in [-0.3, -0.25) is 0 Å². The standard InChI is InChI=1S/C10H23NO/c1-6-8(2)10(5,12)9(3,4)7-11/h8,12H,6-7,11H2,1-5H3. The zero-order valence-corrected chi connectivity index (χ0v) is 9.02. The van der Waals surface area contributed by atoms with E-state index in [1.807, 2.05) is 20.8 Å². The van der Waals surface area contributed by atoms with E-state index in [0.29, 0.717) is 6.54 Å². The maximum absolute atomic E-state index is 10.2. The summed E-state index contributed by atoms with van der Waals surface area (Å²) in [6, 6.07) is 0. The zero-order valence-electron chi connectivity index (χ0n) is 9.02. The Morgan fingerprint density at radius 1 is 1.33 bits per heavy atom. The van der Waals surface area contributed by atoms with E-state index in [2.05, 4.69) is 13.8 Å². The van der Waals surface area contributed by atoms with Gasteiger partial charge in [-0.1, -0.05) is 34.1 Å². The molecule has 0 saturated heterocycles. The lowest BCUT2D eigenvalue weighted by atomic mass is 9.69. The molecule has 0 amide bonds. The molecule has 0 aromatic rings. The van der Waals surface area contributed by atoms with Gasteiger partial charge in [-0.15, -0.1) is 0 Å². The Morgan fingerprint density at radius 2 is 1.75 bits per heavy atom. The first-order valence-electron chi connectivity index (χ1n) is 4.72. The molecule has 0 heterocycles. The Balaban J connectivity index is 4.58. The van der Waals surface area contributed by atoms with Gasteiger partial charge in [0.15, 0.2) is 0 Å². The van der Waals surface area contributed by atoms with Crippen LogP contribution < -0.4 is 5.73 Å². The molecule has 0 aromatic carbocycles. The zero-order chi connectivity index (χ0) is 9.99. The summed E-state index contributed by atoms with van der Waals surface area (Å²) >= 11 is 0. The molecular formula is C10H23NO. The Bertz CT molecular complexity index is 141. The van der Waals surface area contributed by atoms with Crippen LogP contribution >= 0.6 is 0 Å². The lowest BCUT2D eigenvalue weighted by Gasteiger charge is -2.43. The van der Waals surface area contributed by atoms with Crippen LogP contribution in [0.15, 0.2) is 0 Å². The molecule has 0 aliphatic heterocycles. The normalized spacial score (nSPS) is 20.2. The molecule has 12 heavy (non-hydrogen) atoms. The van der Waals surface area contributed by atoms with Gasteiger partial charge in [0.25, 0.3) is 0 Å². The fourth-order valence-corrected chi connectivity index (χ4v) is 1.27. The second-order valence-electron chi connectivity index (χ2n) is 4.54. The van der Waals surface area contributed by atoms with Gasteiger partial charge in [-0.25, -0.2) is 0 Å². The average molecular weight is 173 g/mol. The van der Waals surface area contributed by atoms with Gasteiger partial charge >= 0.3 is 0 Å². The molecule has 0 spiro atoms. The van der Waals surface area contributed by atoms with E-state index in [1.54, 1.807) is 0 Å². The molecule has 0 aromatic heterocycles. The van der Waals surface area contributed by atoms with Gasteiger partial charge < -0.3 is 10.8 Å². The maximum atomic E-state index is 10.2. The van der Waals surface area contributed by atoms with Crippen molar-refractivity contribution in [1.82, 2.24) is 0 Å². The number of aliphatic hydroxyl groups is 1. The quantitative estimate of drug-likeness (QED) is 0.680. The molecule has 0 rings (SSSR count). The third-order valence-corrected chi connectivity index (χ3v) is 3.45. The predicted octanol–water partition coefficient (Wildman–Crippen LogP) is 1.77. The maximum Gasteiger partial charge on any atom is 0.0707 e. The number of hydrogen-bond acceptors (Lipinski definition) is 2. The third-order valence-electron chi connectivity index (χ3n) is 3.45. The van der Waals surface area contributed by atoms with Crippen LogP contribution in [-0.4, -0.2) is 17.3 Å². The Labute approximate surface area is 76.2 Å². The summed E-state index contributed by atoms with van der Waals surface area (Å²) in [5, 5.41) is 10.2. The number of hydrogen-bond donors (Lipinski definition) is 2. The highest BCUT2D eigenvalue weighted by molar-refractivity contribution is 4.93. The van der Waals surface area contributed by atoms with Crippen LogP contribution in [0.1, 0.15) is 41.0 Å². The van der Waals surface area contributed by atoms with Gasteiger partial charge in [0.1, 0.15) is 0 Å². The average Bonchev–Trinajstić information content (AvgIpc) is 2.02. The van der Waals surface area contributed by atoms with E-state index < -0.39 is 5.60 Å². The highest BCUT2D eigenvalue weighted by Crippen LogP contribution is 2.36. The van der Waals surface area contributed by atoms with Crippen molar-refractivity contribution in [3.8, 4) is 0 Å². The van der Waals surface area contributed by atoms with Gasteiger partial charge in [0.05, 0.1) is 5.60 Å². The lowest BCUT2D eigenvalue weighted by molar-refractivity contribution is -0.0888. The predicted molar refractivity (Wildman–Crippen MR) is 52.9 cm³/mol. The van der Waals surface area contributed by atoms with E-state index in [9.17, 15) is 5.11 Å². The van der Waals surface area contributed by atoms with E-state index in [-0.39, 0.29) is 11.3 Å². The summed E-state index contributed by atoms with van der Waals surface area (Å²) in [6.45, 7) is 10.6. The summed E-state index contributed by atoms with van der Waals surface area (Å²) in [5.74, 6) is 0.288. The fourth-order valence-electron chi connectivity index (χ4n) is 1.27. The molecule has 2 nitrogen and oxygen atoms in total. The van der Waals surface area contributed by atoms with Crippen molar-refractivity contribution in [1.29, 1.82) is 0 Å². The molecule has 0 radical (unpaired) electrons. The Hall–Kier alpha value is -0.0800. The lowest BCUT2D eigenvalue weighted by Crippen LogP contribution is -2.50. The molecule has 0 saturated carbocycles. The Kier molecular flexibility index (Phi) is 3.73. The van der Waals surface area contributed by atoms with Crippen LogP contribution in [0.2, 0.25) is 0 Å². The third kappa shape index (κ3) is 1.99. The van der Waals surface area contributed by atoms with Crippen LogP contribution in [0.25, 0.3) is 0 Å². The summed E-state index contributed by atoms with van der Waals surface area (Å²) in [4.78, 5) is 0. The largest absolute Gasteiger partial charge is 0.389 e. The number of rotatable bonds is 4. The first-order valence-corrected chi connectivity index (χ1v) is 4.72. The SMILES string of the molecule is CCC(C)C(C)(O)C(C)(C)CN. The minimum Gasteiger partial charge on any atom is -0.389 e. The van der Waals surface area contributed by atoms with Gasteiger partial charge in [-0.05, 0) is 12.8 Å². The Morgan fingerprint density at radius 3 is 2.00 bits per heavy atom. The molecule has 0 aliphatic carbocycles. The highest BCUT2D eigenvalue weighted by atomic mass is 16.3. The van der Waals surface area contributed by atoms with Crippen molar-refractivity contribution in [2.24, 2.45) is 17.1 Å². The van der Waals surface area contributed by atoms with Crippen LogP contribution in [0.5, 0.6) is 0 Å². The molecule has 0 fully saturated rings. The summed E-state index contributed by atoms with van der Waals surface area (Å²) in [5.41, 5.74) is 4.75. The second-order valence-corrected chi connectivity index (χ2v) is 4.54.